The Hall–Kier alpha value is -5.40. The van der Waals surface area contributed by atoms with Gasteiger partial charge in [-0.25, -0.2) is 14.5 Å². The second-order valence-electron chi connectivity index (χ2n) is 9.31. The molecule has 11 nitrogen and oxygen atoms in total. The fourth-order valence-corrected chi connectivity index (χ4v) is 4.18. The van der Waals surface area contributed by atoms with E-state index in [4.69, 9.17) is 4.74 Å². The molecule has 0 unspecified atom stereocenters. The Labute approximate surface area is 251 Å². The first-order valence-electron chi connectivity index (χ1n) is 13.5. The molecule has 3 amide bonds. The molecular weight excluding hydrogens is 579 g/mol. The van der Waals surface area contributed by atoms with E-state index in [0.717, 1.165) is 16.7 Å². The number of aryl methyl sites for hydroxylation is 1. The summed E-state index contributed by atoms with van der Waals surface area (Å²) in [5.74, 6) is 0.836. The van der Waals surface area contributed by atoms with Gasteiger partial charge in [-0.1, -0.05) is 24.3 Å². The fourth-order valence-electron chi connectivity index (χ4n) is 4.18. The predicted molar refractivity (Wildman–Crippen MR) is 158 cm³/mol. The maximum absolute atomic E-state index is 12.7. The van der Waals surface area contributed by atoms with Crippen molar-refractivity contribution in [2.75, 3.05) is 25.1 Å². The zero-order chi connectivity index (χ0) is 31.7. The van der Waals surface area contributed by atoms with Crippen LogP contribution < -0.4 is 25.0 Å². The summed E-state index contributed by atoms with van der Waals surface area (Å²) in [5, 5.41) is 9.83. The van der Waals surface area contributed by atoms with E-state index in [1.807, 2.05) is 31.2 Å². The summed E-state index contributed by atoms with van der Waals surface area (Å²) in [6.45, 7) is 4.27. The average Bonchev–Trinajstić information content (AvgIpc) is 3.49. The molecule has 3 aromatic carbocycles. The number of guanidine groups is 1. The fraction of sp³-hybridized carbons (Fsp3) is 0.233. The van der Waals surface area contributed by atoms with Crippen molar-refractivity contribution in [1.29, 1.82) is 0 Å². The van der Waals surface area contributed by atoms with Crippen LogP contribution in [0.5, 0.6) is 11.5 Å². The van der Waals surface area contributed by atoms with Crippen LogP contribution in [0.2, 0.25) is 0 Å². The number of hydrogen-bond donors (Lipinski definition) is 2. The molecule has 0 aliphatic carbocycles. The Morgan fingerprint density at radius 3 is 2.39 bits per heavy atom. The van der Waals surface area contributed by atoms with Crippen LogP contribution in [0.1, 0.15) is 18.1 Å². The molecule has 0 saturated carbocycles. The van der Waals surface area contributed by atoms with Gasteiger partial charge in [0.25, 0.3) is 0 Å². The molecule has 0 saturated heterocycles. The van der Waals surface area contributed by atoms with Crippen molar-refractivity contribution in [2.24, 2.45) is 4.99 Å². The van der Waals surface area contributed by atoms with Crippen molar-refractivity contribution in [3.63, 3.8) is 0 Å². The first kappa shape index (κ1) is 31.5. The molecule has 44 heavy (non-hydrogen) atoms. The Balaban J connectivity index is 1.31. The maximum Gasteiger partial charge on any atom is 0.573 e. The van der Waals surface area contributed by atoms with Gasteiger partial charge in [-0.2, -0.15) is 0 Å². The molecule has 1 heterocycles. The van der Waals surface area contributed by atoms with Crippen LogP contribution in [-0.2, 0) is 11.2 Å². The number of urea groups is 1. The van der Waals surface area contributed by atoms with Crippen LogP contribution in [0.3, 0.4) is 0 Å². The third-order valence-electron chi connectivity index (χ3n) is 6.27. The van der Waals surface area contributed by atoms with E-state index in [0.29, 0.717) is 48.9 Å². The van der Waals surface area contributed by atoms with Crippen LogP contribution in [0.4, 0.5) is 23.7 Å². The summed E-state index contributed by atoms with van der Waals surface area (Å²) in [4.78, 5) is 34.5. The zero-order valence-electron chi connectivity index (χ0n) is 24.1. The quantitative estimate of drug-likeness (QED) is 0.148. The second kappa shape index (κ2) is 14.2. The minimum Gasteiger partial charge on any atom is -0.497 e. The van der Waals surface area contributed by atoms with Crippen molar-refractivity contribution in [3.05, 3.63) is 84.2 Å². The predicted octanol–water partition coefficient (Wildman–Crippen LogP) is 5.03. The number of halogens is 3. The normalized spacial score (nSPS) is 11.5. The molecule has 0 bridgehead atoms. The number of alkyl halides is 3. The third kappa shape index (κ3) is 8.33. The van der Waals surface area contributed by atoms with E-state index < -0.39 is 12.4 Å². The van der Waals surface area contributed by atoms with Crippen LogP contribution in [0, 0.1) is 6.92 Å². The Bertz CT molecular complexity index is 1600. The standard InChI is InChI=1S/C30H30F3N7O4/c1-4-34-28(39(19-41)26-14-13-25(43-3)17-20(26)2)37-29(42)35-16-15-21-5-7-22(8-6-21)27-36-18-40(38-27)23-9-11-24(12-10-23)44-30(31,32)33/h5-14,17-19H,4,15-16H2,1-3H3,(H2,34,35,37,42). The average molecular weight is 610 g/mol. The number of aliphatic imine (C=N–C) groups is 1. The van der Waals surface area contributed by atoms with Crippen molar-refractivity contribution in [3.8, 4) is 28.6 Å². The first-order chi connectivity index (χ1) is 21.1. The molecule has 0 atom stereocenters. The monoisotopic (exact) mass is 609 g/mol. The Morgan fingerprint density at radius 1 is 1.07 bits per heavy atom. The van der Waals surface area contributed by atoms with Crippen molar-refractivity contribution in [1.82, 2.24) is 25.4 Å². The van der Waals surface area contributed by atoms with Crippen LogP contribution in [-0.4, -0.2) is 59.7 Å². The molecule has 0 aliphatic heterocycles. The first-order valence-corrected chi connectivity index (χ1v) is 13.5. The van der Waals surface area contributed by atoms with E-state index in [-0.39, 0.29) is 11.7 Å². The number of ether oxygens (including phenoxy) is 2. The molecule has 230 valence electrons. The zero-order valence-corrected chi connectivity index (χ0v) is 24.1. The summed E-state index contributed by atoms with van der Waals surface area (Å²) in [7, 11) is 1.55. The van der Waals surface area contributed by atoms with Crippen molar-refractivity contribution in [2.45, 2.75) is 26.6 Å². The van der Waals surface area contributed by atoms with Crippen molar-refractivity contribution < 1.29 is 32.2 Å². The smallest absolute Gasteiger partial charge is 0.497 e. The lowest BCUT2D eigenvalue weighted by Gasteiger charge is -2.22. The third-order valence-corrected chi connectivity index (χ3v) is 6.27. The van der Waals surface area contributed by atoms with Gasteiger partial charge in [-0.05, 0) is 73.9 Å². The van der Waals surface area contributed by atoms with E-state index >= 15 is 0 Å². The molecule has 0 radical (unpaired) electrons. The number of benzene rings is 3. The van der Waals surface area contributed by atoms with Crippen LogP contribution in [0.15, 0.2) is 78.0 Å². The number of nitrogens with zero attached hydrogens (tertiary/aromatic N) is 5. The molecule has 0 spiro atoms. The number of hydrogen-bond acceptors (Lipinski definition) is 7. The number of carbonyl (C=O) groups is 2. The molecular formula is C30H30F3N7O4. The summed E-state index contributed by atoms with van der Waals surface area (Å²) in [5.41, 5.74) is 3.52. The van der Waals surface area contributed by atoms with Gasteiger partial charge in [0.2, 0.25) is 12.4 Å². The molecule has 2 N–H and O–H groups in total. The summed E-state index contributed by atoms with van der Waals surface area (Å²) >= 11 is 0. The number of nitrogens with one attached hydrogen (secondary N) is 2. The minimum atomic E-state index is -4.76. The number of methoxy groups -OCH3 is 1. The lowest BCUT2D eigenvalue weighted by Crippen LogP contribution is -2.48. The Morgan fingerprint density at radius 2 is 1.77 bits per heavy atom. The van der Waals surface area contributed by atoms with Gasteiger partial charge in [-0.3, -0.25) is 20.0 Å². The van der Waals surface area contributed by atoms with E-state index in [2.05, 4.69) is 30.4 Å². The number of aromatic nitrogens is 3. The van der Waals surface area contributed by atoms with Gasteiger partial charge in [0.1, 0.15) is 17.8 Å². The molecule has 4 rings (SSSR count). The molecule has 1 aromatic heterocycles. The highest BCUT2D eigenvalue weighted by Gasteiger charge is 2.31. The largest absolute Gasteiger partial charge is 0.573 e. The summed E-state index contributed by atoms with van der Waals surface area (Å²) < 4.78 is 47.7. The number of carbonyl (C=O) groups excluding carboxylic acids is 2. The number of amides is 3. The lowest BCUT2D eigenvalue weighted by molar-refractivity contribution is -0.274. The maximum atomic E-state index is 12.7. The minimum absolute atomic E-state index is 0.0927. The highest BCUT2D eigenvalue weighted by molar-refractivity contribution is 6.14. The molecule has 14 heteroatoms. The van der Waals surface area contributed by atoms with Crippen molar-refractivity contribution >= 4 is 24.1 Å². The molecule has 0 aliphatic rings. The lowest BCUT2D eigenvalue weighted by atomic mass is 10.1. The topological polar surface area (TPSA) is 123 Å². The highest BCUT2D eigenvalue weighted by Crippen LogP contribution is 2.25. The van der Waals surface area contributed by atoms with Gasteiger partial charge in [-0.15, -0.1) is 18.3 Å². The van der Waals surface area contributed by atoms with Crippen LogP contribution >= 0.6 is 0 Å². The van der Waals surface area contributed by atoms with Crippen LogP contribution in [0.25, 0.3) is 17.1 Å². The highest BCUT2D eigenvalue weighted by atomic mass is 19.4. The van der Waals surface area contributed by atoms with E-state index in [1.165, 1.54) is 40.2 Å². The Kier molecular flexibility index (Phi) is 10.2. The summed E-state index contributed by atoms with van der Waals surface area (Å²) in [6, 6.07) is 17.4. The summed E-state index contributed by atoms with van der Waals surface area (Å²) in [6.07, 6.45) is -2.19. The van der Waals surface area contributed by atoms with Gasteiger partial charge in [0.15, 0.2) is 5.82 Å². The van der Waals surface area contributed by atoms with Gasteiger partial charge < -0.3 is 14.8 Å². The second-order valence-corrected chi connectivity index (χ2v) is 9.31. The van der Waals surface area contributed by atoms with Gasteiger partial charge in [0.05, 0.1) is 18.5 Å². The van der Waals surface area contributed by atoms with Gasteiger partial charge >= 0.3 is 12.4 Å². The van der Waals surface area contributed by atoms with E-state index in [9.17, 15) is 22.8 Å². The SMILES string of the molecule is CCN=C(NC(=O)NCCc1ccc(-c2ncn(-c3ccc(OC(F)(F)F)cc3)n2)cc1)N(C=O)c1ccc(OC)cc1C. The number of anilines is 1. The molecule has 0 fully saturated rings. The van der Waals surface area contributed by atoms with Gasteiger partial charge in [0, 0.05) is 18.7 Å². The van der Waals surface area contributed by atoms with E-state index in [1.54, 1.807) is 32.2 Å². The molecule has 4 aromatic rings. The number of rotatable bonds is 10.